The van der Waals surface area contributed by atoms with Gasteiger partial charge in [0.2, 0.25) is 5.91 Å². The van der Waals surface area contributed by atoms with Crippen molar-refractivity contribution in [1.29, 1.82) is 0 Å². The number of likely N-dealkylation sites (N-methyl/N-ethyl adjacent to an activating group) is 1. The summed E-state index contributed by atoms with van der Waals surface area (Å²) in [6.45, 7) is -0.182. The number of para-hydroxylation sites is 1. The van der Waals surface area contributed by atoms with Gasteiger partial charge in [-0.05, 0) is 35.7 Å². The Labute approximate surface area is 172 Å². The number of carbonyl (C=O) groups excluding carboxylic acids is 2. The average Bonchev–Trinajstić information content (AvgIpc) is 3.40. The standard InChI is InChI=1S/C19H19N3O5S2/c1-22(29(25,26)18-9-5-11-28-18)13-17(23)21-16-8-3-2-7-15(16)19(24)20-12-14-6-4-10-27-14/h2-11H,12-13H2,1H3,(H,20,24)(H,21,23). The van der Waals surface area contributed by atoms with Crippen molar-refractivity contribution in [3.05, 3.63) is 71.5 Å². The summed E-state index contributed by atoms with van der Waals surface area (Å²) < 4.78 is 31.2. The summed E-state index contributed by atoms with van der Waals surface area (Å²) in [5.74, 6) is -0.351. The number of nitrogens with zero attached hydrogens (tertiary/aromatic N) is 1. The van der Waals surface area contributed by atoms with Crippen LogP contribution in [0, 0.1) is 0 Å². The second-order valence-corrected chi connectivity index (χ2v) is 9.27. The first-order chi connectivity index (χ1) is 13.9. The van der Waals surface area contributed by atoms with Crippen molar-refractivity contribution in [1.82, 2.24) is 9.62 Å². The molecule has 10 heteroatoms. The molecular weight excluding hydrogens is 414 g/mol. The summed E-state index contributed by atoms with van der Waals surface area (Å²) in [7, 11) is -2.41. The number of rotatable bonds is 8. The predicted molar refractivity (Wildman–Crippen MR) is 109 cm³/mol. The van der Waals surface area contributed by atoms with Crippen molar-refractivity contribution < 1.29 is 22.4 Å². The van der Waals surface area contributed by atoms with Gasteiger partial charge in [0.25, 0.3) is 15.9 Å². The van der Waals surface area contributed by atoms with Gasteiger partial charge >= 0.3 is 0 Å². The van der Waals surface area contributed by atoms with Crippen LogP contribution in [-0.2, 0) is 21.4 Å². The van der Waals surface area contributed by atoms with Gasteiger partial charge in [-0.1, -0.05) is 18.2 Å². The van der Waals surface area contributed by atoms with Gasteiger partial charge in [-0.2, -0.15) is 4.31 Å². The Bertz CT molecular complexity index is 1080. The van der Waals surface area contributed by atoms with Gasteiger partial charge in [0.1, 0.15) is 9.97 Å². The van der Waals surface area contributed by atoms with E-state index in [1.807, 2.05) is 0 Å². The summed E-state index contributed by atoms with van der Waals surface area (Å²) in [6, 6.07) is 13.0. The quantitative estimate of drug-likeness (QED) is 0.567. The zero-order valence-electron chi connectivity index (χ0n) is 15.5. The Morgan fingerprint density at radius 3 is 2.59 bits per heavy atom. The minimum absolute atomic E-state index is 0.158. The zero-order valence-corrected chi connectivity index (χ0v) is 17.1. The molecule has 2 N–H and O–H groups in total. The number of thiophene rings is 1. The molecule has 0 aliphatic rings. The molecule has 29 heavy (non-hydrogen) atoms. The maximum atomic E-state index is 12.5. The number of furan rings is 1. The van der Waals surface area contributed by atoms with Crippen molar-refractivity contribution in [2.24, 2.45) is 0 Å². The molecule has 0 aliphatic heterocycles. The number of anilines is 1. The van der Waals surface area contributed by atoms with Crippen molar-refractivity contribution in [2.75, 3.05) is 18.9 Å². The molecule has 0 fully saturated rings. The van der Waals surface area contributed by atoms with E-state index in [1.54, 1.807) is 47.8 Å². The highest BCUT2D eigenvalue weighted by Gasteiger charge is 2.24. The Hall–Kier alpha value is -2.95. The van der Waals surface area contributed by atoms with Crippen molar-refractivity contribution in [3.8, 4) is 0 Å². The van der Waals surface area contributed by atoms with Crippen LogP contribution in [-0.4, -0.2) is 38.1 Å². The number of nitrogens with one attached hydrogen (secondary N) is 2. The van der Waals surface area contributed by atoms with E-state index in [4.69, 9.17) is 4.42 Å². The third-order valence-electron chi connectivity index (χ3n) is 3.97. The molecular formula is C19H19N3O5S2. The first-order valence-electron chi connectivity index (χ1n) is 8.57. The lowest BCUT2D eigenvalue weighted by Crippen LogP contribution is -2.35. The maximum absolute atomic E-state index is 12.5. The summed E-state index contributed by atoms with van der Waals surface area (Å²) in [6.07, 6.45) is 1.51. The topological polar surface area (TPSA) is 109 Å². The molecule has 2 aromatic heterocycles. The first kappa shape index (κ1) is 20.8. The predicted octanol–water partition coefficient (Wildman–Crippen LogP) is 2.53. The highest BCUT2D eigenvalue weighted by molar-refractivity contribution is 7.91. The number of carbonyl (C=O) groups is 2. The van der Waals surface area contributed by atoms with E-state index in [0.717, 1.165) is 15.6 Å². The zero-order chi connectivity index (χ0) is 20.9. The minimum atomic E-state index is -3.74. The largest absolute Gasteiger partial charge is 0.467 e. The lowest BCUT2D eigenvalue weighted by Gasteiger charge is -2.16. The van der Waals surface area contributed by atoms with Crippen LogP contribution in [0.1, 0.15) is 16.1 Å². The van der Waals surface area contributed by atoms with Crippen LogP contribution < -0.4 is 10.6 Å². The monoisotopic (exact) mass is 433 g/mol. The number of benzene rings is 1. The van der Waals surface area contributed by atoms with Gasteiger partial charge in [-0.3, -0.25) is 9.59 Å². The SMILES string of the molecule is CN(CC(=O)Nc1ccccc1C(=O)NCc1ccco1)S(=O)(=O)c1cccs1. The van der Waals surface area contributed by atoms with Crippen LogP contribution in [0.2, 0.25) is 0 Å². The molecule has 0 atom stereocenters. The first-order valence-corrected chi connectivity index (χ1v) is 10.9. The lowest BCUT2D eigenvalue weighted by atomic mass is 10.1. The Balaban J connectivity index is 1.65. The van der Waals surface area contributed by atoms with Crippen molar-refractivity contribution >= 4 is 38.9 Å². The molecule has 0 bridgehead atoms. The fourth-order valence-electron chi connectivity index (χ4n) is 2.51. The molecule has 3 aromatic rings. The molecule has 0 aliphatic carbocycles. The molecule has 1 aromatic carbocycles. The fourth-order valence-corrected chi connectivity index (χ4v) is 4.83. The Morgan fingerprint density at radius 1 is 1.10 bits per heavy atom. The molecule has 0 saturated carbocycles. The molecule has 0 unspecified atom stereocenters. The highest BCUT2D eigenvalue weighted by atomic mass is 32.2. The van der Waals surface area contributed by atoms with Crippen molar-refractivity contribution in [3.63, 3.8) is 0 Å². The third kappa shape index (κ3) is 5.11. The van der Waals surface area contributed by atoms with Crippen LogP contribution in [0.25, 0.3) is 0 Å². The van der Waals surface area contributed by atoms with Crippen LogP contribution >= 0.6 is 11.3 Å². The summed E-state index contributed by atoms with van der Waals surface area (Å²) >= 11 is 1.08. The summed E-state index contributed by atoms with van der Waals surface area (Å²) in [4.78, 5) is 24.9. The molecule has 0 radical (unpaired) electrons. The normalized spacial score (nSPS) is 11.4. The summed E-state index contributed by atoms with van der Waals surface area (Å²) in [5.41, 5.74) is 0.549. The second kappa shape index (κ2) is 9.03. The molecule has 2 heterocycles. The third-order valence-corrected chi connectivity index (χ3v) is 7.15. The maximum Gasteiger partial charge on any atom is 0.253 e. The molecule has 2 amide bonds. The van der Waals surface area contributed by atoms with Crippen LogP contribution in [0.5, 0.6) is 0 Å². The Morgan fingerprint density at radius 2 is 1.90 bits per heavy atom. The van der Waals surface area contributed by atoms with Gasteiger partial charge in [0, 0.05) is 7.05 Å². The van der Waals surface area contributed by atoms with Gasteiger partial charge in [0.05, 0.1) is 30.6 Å². The number of hydrogen-bond acceptors (Lipinski definition) is 6. The molecule has 3 rings (SSSR count). The fraction of sp³-hybridized carbons (Fsp3) is 0.158. The van der Waals surface area contributed by atoms with Crippen molar-refractivity contribution in [2.45, 2.75) is 10.8 Å². The highest BCUT2D eigenvalue weighted by Crippen LogP contribution is 2.20. The minimum Gasteiger partial charge on any atom is -0.467 e. The van der Waals surface area contributed by atoms with Crippen LogP contribution in [0.4, 0.5) is 5.69 Å². The van der Waals surface area contributed by atoms with Crippen LogP contribution in [0.15, 0.2) is 68.8 Å². The van der Waals surface area contributed by atoms with E-state index in [9.17, 15) is 18.0 Å². The Kier molecular flexibility index (Phi) is 6.47. The number of sulfonamides is 1. The smallest absolute Gasteiger partial charge is 0.253 e. The van der Waals surface area contributed by atoms with Crippen LogP contribution in [0.3, 0.4) is 0 Å². The number of hydrogen-bond donors (Lipinski definition) is 2. The van der Waals surface area contributed by atoms with Gasteiger partial charge in [-0.15, -0.1) is 11.3 Å². The van der Waals surface area contributed by atoms with E-state index in [-0.39, 0.29) is 28.5 Å². The van der Waals surface area contributed by atoms with Gasteiger partial charge in [0.15, 0.2) is 0 Å². The van der Waals surface area contributed by atoms with E-state index in [2.05, 4.69) is 10.6 Å². The van der Waals surface area contributed by atoms with E-state index in [1.165, 1.54) is 19.4 Å². The van der Waals surface area contributed by atoms with E-state index in [0.29, 0.717) is 5.76 Å². The molecule has 8 nitrogen and oxygen atoms in total. The van der Waals surface area contributed by atoms with E-state index >= 15 is 0 Å². The second-order valence-electron chi connectivity index (χ2n) is 6.05. The summed E-state index contributed by atoms with van der Waals surface area (Å²) in [5, 5.41) is 6.97. The van der Waals surface area contributed by atoms with E-state index < -0.39 is 21.8 Å². The molecule has 0 spiro atoms. The van der Waals surface area contributed by atoms with Gasteiger partial charge in [-0.25, -0.2) is 8.42 Å². The number of amides is 2. The lowest BCUT2D eigenvalue weighted by molar-refractivity contribution is -0.116. The van der Waals surface area contributed by atoms with Gasteiger partial charge < -0.3 is 15.1 Å². The molecule has 0 saturated heterocycles. The average molecular weight is 434 g/mol. The molecule has 152 valence electrons.